The Kier molecular flexibility index (Phi) is 2.78. The van der Waals surface area contributed by atoms with E-state index in [1.807, 2.05) is 24.3 Å². The molecule has 0 aromatic heterocycles. The minimum Gasteiger partial charge on any atom is -0.390 e. The van der Waals surface area contributed by atoms with Gasteiger partial charge >= 0.3 is 0 Å². The zero-order valence-corrected chi connectivity index (χ0v) is 8.69. The number of hydrogen-bond acceptors (Lipinski definition) is 3. The predicted molar refractivity (Wildman–Crippen MR) is 58.3 cm³/mol. The first-order valence-corrected chi connectivity index (χ1v) is 5.32. The number of rotatable bonds is 4. The van der Waals surface area contributed by atoms with Crippen molar-refractivity contribution in [2.45, 2.75) is 31.0 Å². The second-order valence-corrected chi connectivity index (χ2v) is 4.40. The Morgan fingerprint density at radius 3 is 2.73 bits per heavy atom. The van der Waals surface area contributed by atoms with Crippen LogP contribution in [0, 0.1) is 0 Å². The van der Waals surface area contributed by atoms with E-state index < -0.39 is 11.7 Å². The van der Waals surface area contributed by atoms with Crippen molar-refractivity contribution in [2.24, 2.45) is 5.73 Å². The topological polar surface area (TPSA) is 66.5 Å². The van der Waals surface area contributed by atoms with Gasteiger partial charge in [0.25, 0.3) is 0 Å². The predicted octanol–water partition coefficient (Wildman–Crippen LogP) is 0.746. The van der Waals surface area contributed by atoms with Gasteiger partial charge in [0, 0.05) is 13.0 Å². The Balaban J connectivity index is 2.11. The fourth-order valence-electron chi connectivity index (χ4n) is 1.75. The Morgan fingerprint density at radius 2 is 2.13 bits per heavy atom. The lowest BCUT2D eigenvalue weighted by Gasteiger charge is -2.12. The maximum absolute atomic E-state index is 9.78. The normalized spacial score (nSPS) is 19.9. The van der Waals surface area contributed by atoms with Crippen molar-refractivity contribution in [2.75, 3.05) is 6.54 Å². The van der Waals surface area contributed by atoms with E-state index in [9.17, 15) is 10.2 Å². The summed E-state index contributed by atoms with van der Waals surface area (Å²) in [6.45, 7) is 0.230. The third kappa shape index (κ3) is 2.56. The van der Waals surface area contributed by atoms with Crippen LogP contribution in [0.3, 0.4) is 0 Å². The minimum absolute atomic E-state index is 0.230. The maximum Gasteiger partial charge on any atom is 0.0912 e. The molecule has 1 fully saturated rings. The molecule has 2 rings (SSSR count). The SMILES string of the molecule is NCC(O)c1cccc(CC2(O)CC2)c1. The summed E-state index contributed by atoms with van der Waals surface area (Å²) in [4.78, 5) is 0. The molecular weight excluding hydrogens is 190 g/mol. The summed E-state index contributed by atoms with van der Waals surface area (Å²) in [5.74, 6) is 0. The summed E-state index contributed by atoms with van der Waals surface area (Å²) in [5.41, 5.74) is 6.82. The molecule has 1 saturated carbocycles. The molecular formula is C12H17NO2. The molecule has 0 bridgehead atoms. The average Bonchev–Trinajstić information content (AvgIpc) is 2.95. The van der Waals surface area contributed by atoms with E-state index in [4.69, 9.17) is 5.73 Å². The number of benzene rings is 1. The molecule has 1 aromatic rings. The lowest BCUT2D eigenvalue weighted by molar-refractivity contribution is 0.150. The quantitative estimate of drug-likeness (QED) is 0.682. The van der Waals surface area contributed by atoms with Crippen LogP contribution >= 0.6 is 0 Å². The highest BCUT2D eigenvalue weighted by Crippen LogP contribution is 2.38. The Labute approximate surface area is 89.5 Å². The van der Waals surface area contributed by atoms with Gasteiger partial charge < -0.3 is 15.9 Å². The highest BCUT2D eigenvalue weighted by molar-refractivity contribution is 5.27. The highest BCUT2D eigenvalue weighted by Gasteiger charge is 2.40. The van der Waals surface area contributed by atoms with Gasteiger partial charge in [0.05, 0.1) is 11.7 Å². The van der Waals surface area contributed by atoms with Crippen LogP contribution in [-0.2, 0) is 6.42 Å². The Morgan fingerprint density at radius 1 is 1.40 bits per heavy atom. The fourth-order valence-corrected chi connectivity index (χ4v) is 1.75. The van der Waals surface area contributed by atoms with Gasteiger partial charge in [-0.15, -0.1) is 0 Å². The molecule has 0 saturated heterocycles. The van der Waals surface area contributed by atoms with Crippen molar-refractivity contribution >= 4 is 0 Å². The first-order valence-electron chi connectivity index (χ1n) is 5.32. The van der Waals surface area contributed by atoms with Gasteiger partial charge in [0.15, 0.2) is 0 Å². The average molecular weight is 207 g/mol. The van der Waals surface area contributed by atoms with E-state index in [0.29, 0.717) is 6.42 Å². The van der Waals surface area contributed by atoms with Crippen LogP contribution in [0.2, 0.25) is 0 Å². The van der Waals surface area contributed by atoms with Crippen LogP contribution in [0.25, 0.3) is 0 Å². The highest BCUT2D eigenvalue weighted by atomic mass is 16.3. The fraction of sp³-hybridized carbons (Fsp3) is 0.500. The second kappa shape index (κ2) is 3.93. The molecule has 1 aliphatic carbocycles. The molecule has 0 radical (unpaired) electrons. The van der Waals surface area contributed by atoms with Gasteiger partial charge in [0.1, 0.15) is 0 Å². The molecule has 0 aliphatic heterocycles. The van der Waals surface area contributed by atoms with Crippen LogP contribution in [0.1, 0.15) is 30.1 Å². The number of nitrogens with two attached hydrogens (primary N) is 1. The van der Waals surface area contributed by atoms with E-state index in [1.165, 1.54) is 0 Å². The van der Waals surface area contributed by atoms with Crippen molar-refractivity contribution in [3.05, 3.63) is 35.4 Å². The summed E-state index contributed by atoms with van der Waals surface area (Å²) in [6.07, 6.45) is 1.85. The summed E-state index contributed by atoms with van der Waals surface area (Å²) in [5, 5.41) is 19.4. The largest absolute Gasteiger partial charge is 0.390 e. The van der Waals surface area contributed by atoms with E-state index in [2.05, 4.69) is 0 Å². The molecule has 1 aromatic carbocycles. The van der Waals surface area contributed by atoms with Crippen LogP contribution in [-0.4, -0.2) is 22.4 Å². The second-order valence-electron chi connectivity index (χ2n) is 4.40. The van der Waals surface area contributed by atoms with Crippen LogP contribution in [0.15, 0.2) is 24.3 Å². The van der Waals surface area contributed by atoms with Crippen molar-refractivity contribution < 1.29 is 10.2 Å². The third-order valence-corrected chi connectivity index (χ3v) is 2.92. The third-order valence-electron chi connectivity index (χ3n) is 2.92. The summed E-state index contributed by atoms with van der Waals surface area (Å²) in [7, 11) is 0. The minimum atomic E-state index is -0.598. The molecule has 1 unspecified atom stereocenters. The summed E-state index contributed by atoms with van der Waals surface area (Å²) >= 11 is 0. The standard InChI is InChI=1S/C12H17NO2/c13-8-11(14)10-3-1-2-9(6-10)7-12(15)4-5-12/h1-3,6,11,14-15H,4-5,7-8,13H2. The number of hydrogen-bond donors (Lipinski definition) is 3. The number of aliphatic hydroxyl groups excluding tert-OH is 1. The van der Waals surface area contributed by atoms with E-state index in [1.54, 1.807) is 0 Å². The monoisotopic (exact) mass is 207 g/mol. The van der Waals surface area contributed by atoms with Crippen molar-refractivity contribution in [1.82, 2.24) is 0 Å². The van der Waals surface area contributed by atoms with Crippen molar-refractivity contribution in [3.63, 3.8) is 0 Å². The van der Waals surface area contributed by atoms with Gasteiger partial charge in [-0.05, 0) is 24.0 Å². The molecule has 82 valence electrons. The zero-order chi connectivity index (χ0) is 10.9. The number of aliphatic hydroxyl groups is 2. The summed E-state index contributed by atoms with van der Waals surface area (Å²) in [6, 6.07) is 7.66. The molecule has 1 aliphatic rings. The summed E-state index contributed by atoms with van der Waals surface area (Å²) < 4.78 is 0. The molecule has 0 amide bonds. The Hall–Kier alpha value is -0.900. The molecule has 4 N–H and O–H groups in total. The van der Waals surface area contributed by atoms with E-state index in [0.717, 1.165) is 24.0 Å². The van der Waals surface area contributed by atoms with Gasteiger partial charge in [-0.3, -0.25) is 0 Å². The van der Waals surface area contributed by atoms with E-state index >= 15 is 0 Å². The van der Waals surface area contributed by atoms with Gasteiger partial charge in [-0.25, -0.2) is 0 Å². The van der Waals surface area contributed by atoms with E-state index in [-0.39, 0.29) is 6.54 Å². The van der Waals surface area contributed by atoms with Gasteiger partial charge in [-0.2, -0.15) is 0 Å². The van der Waals surface area contributed by atoms with Crippen molar-refractivity contribution in [1.29, 1.82) is 0 Å². The molecule has 0 heterocycles. The lowest BCUT2D eigenvalue weighted by atomic mass is 10.0. The molecule has 15 heavy (non-hydrogen) atoms. The van der Waals surface area contributed by atoms with Crippen LogP contribution in [0.4, 0.5) is 0 Å². The lowest BCUT2D eigenvalue weighted by Crippen LogP contribution is -2.13. The van der Waals surface area contributed by atoms with Crippen molar-refractivity contribution in [3.8, 4) is 0 Å². The Bertz CT molecular complexity index is 347. The maximum atomic E-state index is 9.78. The van der Waals surface area contributed by atoms with Gasteiger partial charge in [0.2, 0.25) is 0 Å². The van der Waals surface area contributed by atoms with Crippen LogP contribution < -0.4 is 5.73 Å². The smallest absolute Gasteiger partial charge is 0.0912 e. The first kappa shape index (κ1) is 10.6. The molecule has 0 spiro atoms. The zero-order valence-electron chi connectivity index (χ0n) is 8.69. The van der Waals surface area contributed by atoms with Crippen LogP contribution in [0.5, 0.6) is 0 Å². The molecule has 3 heteroatoms. The molecule has 3 nitrogen and oxygen atoms in total. The van der Waals surface area contributed by atoms with Gasteiger partial charge in [-0.1, -0.05) is 24.3 Å². The molecule has 1 atom stereocenters. The first-order chi connectivity index (χ1) is 7.13.